The lowest BCUT2D eigenvalue weighted by atomic mass is 10.1. The summed E-state index contributed by atoms with van der Waals surface area (Å²) >= 11 is 0. The number of nitrogens with zero attached hydrogens (tertiary/aromatic N) is 2. The molecular weight excluding hydrogens is 288 g/mol. The van der Waals surface area contributed by atoms with Gasteiger partial charge in [0.1, 0.15) is 18.7 Å². The maximum atomic E-state index is 10.1. The van der Waals surface area contributed by atoms with Crippen LogP contribution in [0.3, 0.4) is 0 Å². The predicted octanol–water partition coefficient (Wildman–Crippen LogP) is 3.42. The lowest BCUT2D eigenvalue weighted by Crippen LogP contribution is -2.28. The number of aliphatic imine (C=N–C) groups is 1. The summed E-state index contributed by atoms with van der Waals surface area (Å²) in [6.45, 7) is 2.27. The molecule has 1 aliphatic rings. The van der Waals surface area contributed by atoms with Crippen molar-refractivity contribution in [1.29, 1.82) is 0 Å². The number of hydrogen-bond acceptors (Lipinski definition) is 4. The molecule has 1 heterocycles. The van der Waals surface area contributed by atoms with Crippen molar-refractivity contribution in [2.75, 3.05) is 11.7 Å². The second-order valence-corrected chi connectivity index (χ2v) is 5.41. The SMILES string of the molecule is C#CC(C)N(O)c1cccc(C2=N[C@H](c3ccccc3)CO2)c1. The third-order valence-electron chi connectivity index (χ3n) is 3.80. The Bertz CT molecular complexity index is 749. The lowest BCUT2D eigenvalue weighted by molar-refractivity contribution is 0.241. The Balaban J connectivity index is 1.84. The molecule has 4 nitrogen and oxygen atoms in total. The minimum Gasteiger partial charge on any atom is -0.475 e. The molecule has 116 valence electrons. The maximum absolute atomic E-state index is 10.1. The molecule has 0 saturated heterocycles. The summed E-state index contributed by atoms with van der Waals surface area (Å²) in [6.07, 6.45) is 5.35. The Labute approximate surface area is 136 Å². The van der Waals surface area contributed by atoms with Crippen molar-refractivity contribution in [3.63, 3.8) is 0 Å². The first-order valence-electron chi connectivity index (χ1n) is 7.49. The van der Waals surface area contributed by atoms with E-state index in [2.05, 4.69) is 10.9 Å². The first-order valence-corrected chi connectivity index (χ1v) is 7.49. The summed E-state index contributed by atoms with van der Waals surface area (Å²) in [4.78, 5) is 4.65. The zero-order valence-electron chi connectivity index (χ0n) is 12.9. The Morgan fingerprint density at radius 3 is 2.78 bits per heavy atom. The second kappa shape index (κ2) is 6.55. The average Bonchev–Trinajstić information content (AvgIpc) is 3.11. The van der Waals surface area contributed by atoms with Crippen LogP contribution >= 0.6 is 0 Å². The minimum atomic E-state index is -0.409. The summed E-state index contributed by atoms with van der Waals surface area (Å²) < 4.78 is 5.74. The molecule has 0 aromatic heterocycles. The van der Waals surface area contributed by atoms with Gasteiger partial charge in [0, 0.05) is 5.56 Å². The molecule has 2 aromatic carbocycles. The van der Waals surface area contributed by atoms with E-state index in [0.29, 0.717) is 18.2 Å². The van der Waals surface area contributed by atoms with Crippen LogP contribution in [0.15, 0.2) is 59.6 Å². The van der Waals surface area contributed by atoms with Crippen LogP contribution in [0.25, 0.3) is 0 Å². The predicted molar refractivity (Wildman–Crippen MR) is 90.7 cm³/mol. The van der Waals surface area contributed by atoms with Gasteiger partial charge in [-0.3, -0.25) is 5.21 Å². The first-order chi connectivity index (χ1) is 11.2. The highest BCUT2D eigenvalue weighted by Gasteiger charge is 2.22. The third kappa shape index (κ3) is 3.20. The molecule has 4 heteroatoms. The Kier molecular flexibility index (Phi) is 4.31. The quantitative estimate of drug-likeness (QED) is 0.695. The molecule has 0 aliphatic carbocycles. The van der Waals surface area contributed by atoms with Gasteiger partial charge >= 0.3 is 0 Å². The number of benzene rings is 2. The summed E-state index contributed by atoms with van der Waals surface area (Å²) in [5, 5.41) is 11.2. The van der Waals surface area contributed by atoms with Crippen LogP contribution in [0.4, 0.5) is 5.69 Å². The number of rotatable bonds is 4. The van der Waals surface area contributed by atoms with Crippen molar-refractivity contribution < 1.29 is 9.94 Å². The van der Waals surface area contributed by atoms with E-state index in [1.807, 2.05) is 48.5 Å². The van der Waals surface area contributed by atoms with E-state index in [4.69, 9.17) is 11.2 Å². The molecule has 1 N–H and O–H groups in total. The van der Waals surface area contributed by atoms with E-state index in [1.54, 1.807) is 13.0 Å². The first kappa shape index (κ1) is 15.1. The largest absolute Gasteiger partial charge is 0.475 e. The van der Waals surface area contributed by atoms with E-state index < -0.39 is 6.04 Å². The Morgan fingerprint density at radius 2 is 2.04 bits per heavy atom. The molecule has 2 aromatic rings. The van der Waals surface area contributed by atoms with Gasteiger partial charge < -0.3 is 4.74 Å². The summed E-state index contributed by atoms with van der Waals surface area (Å²) in [6, 6.07) is 17.0. The molecule has 0 spiro atoms. The molecular formula is C19H18N2O2. The molecule has 0 fully saturated rings. The summed E-state index contributed by atoms with van der Waals surface area (Å²) in [7, 11) is 0. The Morgan fingerprint density at radius 1 is 1.26 bits per heavy atom. The van der Waals surface area contributed by atoms with Crippen LogP contribution in [-0.2, 0) is 4.74 Å². The highest BCUT2D eigenvalue weighted by Crippen LogP contribution is 2.26. The van der Waals surface area contributed by atoms with E-state index >= 15 is 0 Å². The van der Waals surface area contributed by atoms with E-state index in [9.17, 15) is 5.21 Å². The summed E-state index contributed by atoms with van der Waals surface area (Å²) in [5.74, 6) is 3.08. The standard InChI is InChI=1S/C19H18N2O2/c1-3-14(2)21(22)17-11-7-10-16(12-17)19-20-18(13-23-19)15-8-5-4-6-9-15/h1,4-12,14,18,22H,13H2,2H3/t14?,18-/m0/s1. The zero-order valence-corrected chi connectivity index (χ0v) is 12.9. The third-order valence-corrected chi connectivity index (χ3v) is 3.80. The normalized spacial score (nSPS) is 17.8. The fourth-order valence-corrected chi connectivity index (χ4v) is 2.45. The minimum absolute atomic E-state index is 0.00437. The van der Waals surface area contributed by atoms with Gasteiger partial charge in [0.25, 0.3) is 0 Å². The second-order valence-electron chi connectivity index (χ2n) is 5.41. The topological polar surface area (TPSA) is 45.1 Å². The smallest absolute Gasteiger partial charge is 0.216 e. The molecule has 0 amide bonds. The molecule has 2 atom stereocenters. The number of ether oxygens (including phenoxy) is 1. The van der Waals surface area contributed by atoms with Crippen molar-refractivity contribution >= 4 is 11.6 Å². The number of terminal acetylenes is 1. The highest BCUT2D eigenvalue weighted by molar-refractivity contribution is 5.96. The van der Waals surface area contributed by atoms with Gasteiger partial charge in [-0.2, -0.15) is 0 Å². The molecule has 0 radical (unpaired) electrons. The monoisotopic (exact) mass is 306 g/mol. The van der Waals surface area contributed by atoms with Crippen molar-refractivity contribution in [1.82, 2.24) is 0 Å². The van der Waals surface area contributed by atoms with Crippen LogP contribution < -0.4 is 5.06 Å². The van der Waals surface area contributed by atoms with Gasteiger partial charge in [-0.25, -0.2) is 10.1 Å². The van der Waals surface area contributed by atoms with Gasteiger partial charge in [-0.1, -0.05) is 42.3 Å². The average molecular weight is 306 g/mol. The molecule has 0 bridgehead atoms. The highest BCUT2D eigenvalue weighted by atomic mass is 16.5. The zero-order chi connectivity index (χ0) is 16.2. The van der Waals surface area contributed by atoms with Crippen molar-refractivity contribution in [2.24, 2.45) is 4.99 Å². The van der Waals surface area contributed by atoms with Gasteiger partial charge in [-0.05, 0) is 30.7 Å². The van der Waals surface area contributed by atoms with Gasteiger partial charge in [0.05, 0.1) is 5.69 Å². The molecule has 3 rings (SSSR count). The van der Waals surface area contributed by atoms with Gasteiger partial charge in [0.2, 0.25) is 5.90 Å². The number of anilines is 1. The van der Waals surface area contributed by atoms with Crippen molar-refractivity contribution in [3.05, 3.63) is 65.7 Å². The van der Waals surface area contributed by atoms with Crippen LogP contribution in [-0.4, -0.2) is 23.8 Å². The Hall–Kier alpha value is -2.77. The van der Waals surface area contributed by atoms with E-state index in [-0.39, 0.29) is 6.04 Å². The van der Waals surface area contributed by atoms with E-state index in [1.165, 1.54) is 0 Å². The number of hydrogen-bond donors (Lipinski definition) is 1. The maximum Gasteiger partial charge on any atom is 0.216 e. The fourth-order valence-electron chi connectivity index (χ4n) is 2.45. The van der Waals surface area contributed by atoms with Crippen molar-refractivity contribution in [2.45, 2.75) is 19.0 Å². The molecule has 1 unspecified atom stereocenters. The molecule has 0 saturated carbocycles. The van der Waals surface area contributed by atoms with Crippen LogP contribution in [0.2, 0.25) is 0 Å². The van der Waals surface area contributed by atoms with Gasteiger partial charge in [0.15, 0.2) is 0 Å². The lowest BCUT2D eigenvalue weighted by Gasteiger charge is -2.20. The van der Waals surface area contributed by atoms with Crippen molar-refractivity contribution in [3.8, 4) is 12.3 Å². The fraction of sp³-hybridized carbons (Fsp3) is 0.211. The van der Waals surface area contributed by atoms with E-state index in [0.717, 1.165) is 16.2 Å². The van der Waals surface area contributed by atoms with Crippen LogP contribution in [0.5, 0.6) is 0 Å². The molecule has 23 heavy (non-hydrogen) atoms. The number of hydroxylamine groups is 1. The molecule has 1 aliphatic heterocycles. The summed E-state index contributed by atoms with van der Waals surface area (Å²) in [5.41, 5.74) is 2.56. The van der Waals surface area contributed by atoms with Crippen LogP contribution in [0.1, 0.15) is 24.1 Å². The van der Waals surface area contributed by atoms with Crippen LogP contribution in [0, 0.1) is 12.3 Å². The van der Waals surface area contributed by atoms with Gasteiger partial charge in [-0.15, -0.1) is 6.42 Å².